The zero-order chi connectivity index (χ0) is 26.9. The summed E-state index contributed by atoms with van der Waals surface area (Å²) in [6.45, 7) is 3.82. The Morgan fingerprint density at radius 3 is 2.44 bits per heavy atom. The van der Waals surface area contributed by atoms with Crippen molar-refractivity contribution in [3.63, 3.8) is 0 Å². The Morgan fingerprint density at radius 1 is 0.897 bits per heavy atom. The highest BCUT2D eigenvalue weighted by Gasteiger charge is 2.12. The fourth-order valence-corrected chi connectivity index (χ4v) is 5.23. The van der Waals surface area contributed by atoms with E-state index in [2.05, 4.69) is 102 Å². The topological polar surface area (TPSA) is 61.0 Å². The van der Waals surface area contributed by atoms with Crippen molar-refractivity contribution in [2.24, 2.45) is 4.99 Å². The molecule has 0 atom stereocenters. The van der Waals surface area contributed by atoms with E-state index >= 15 is 0 Å². The van der Waals surface area contributed by atoms with Gasteiger partial charge < -0.3 is 9.73 Å². The van der Waals surface area contributed by atoms with Crippen LogP contribution in [0.15, 0.2) is 113 Å². The minimum atomic E-state index is 0.711. The molecule has 1 heterocycles. The van der Waals surface area contributed by atoms with Crippen LogP contribution in [0, 0.1) is 0 Å². The second-order valence-corrected chi connectivity index (χ2v) is 9.63. The van der Waals surface area contributed by atoms with Crippen molar-refractivity contribution in [2.75, 3.05) is 24.5 Å². The van der Waals surface area contributed by atoms with Crippen molar-refractivity contribution in [1.29, 1.82) is 0 Å². The van der Waals surface area contributed by atoms with Crippen LogP contribution >= 0.6 is 0 Å². The Bertz CT molecular complexity index is 1860. The lowest BCUT2D eigenvalue weighted by atomic mass is 10.00. The molecule has 0 bridgehead atoms. The Balaban J connectivity index is 1.29. The molecule has 6 aromatic rings. The lowest BCUT2D eigenvalue weighted by Gasteiger charge is -2.17. The predicted molar refractivity (Wildman–Crippen MR) is 164 cm³/mol. The van der Waals surface area contributed by atoms with Gasteiger partial charge in [-0.05, 0) is 76.5 Å². The largest absolute Gasteiger partial charge is 0.456 e. The molecule has 0 unspecified atom stereocenters. The van der Waals surface area contributed by atoms with Gasteiger partial charge in [-0.2, -0.15) is 0 Å². The molecular weight excluding hydrogens is 482 g/mol. The number of benzene rings is 5. The Hall–Kier alpha value is -4.87. The first kappa shape index (κ1) is 24.5. The number of aliphatic imine (C=N–C) groups is 1. The highest BCUT2D eigenvalue weighted by atomic mass is 16.5. The van der Waals surface area contributed by atoms with Gasteiger partial charge in [0.2, 0.25) is 0 Å². The van der Waals surface area contributed by atoms with Crippen molar-refractivity contribution >= 4 is 56.5 Å². The fraction of sp³-hybridized carbons (Fsp3) is 0.0882. The molecule has 0 radical (unpaired) electrons. The van der Waals surface area contributed by atoms with Gasteiger partial charge in [-0.3, -0.25) is 15.3 Å². The van der Waals surface area contributed by atoms with Crippen molar-refractivity contribution in [1.82, 2.24) is 0 Å². The number of furan rings is 1. The van der Waals surface area contributed by atoms with E-state index in [1.807, 2.05) is 25.2 Å². The van der Waals surface area contributed by atoms with Crippen LogP contribution in [0.3, 0.4) is 0 Å². The number of nitrogens with one attached hydrogen (secondary N) is 1. The first-order chi connectivity index (χ1) is 19.1. The number of rotatable bonds is 7. The van der Waals surface area contributed by atoms with Crippen molar-refractivity contribution in [3.05, 3.63) is 114 Å². The molecule has 0 saturated carbocycles. The van der Waals surface area contributed by atoms with Gasteiger partial charge in [0.15, 0.2) is 0 Å². The minimum absolute atomic E-state index is 0.711. The molecule has 5 heteroatoms. The number of hydroxylamine groups is 1. The van der Waals surface area contributed by atoms with Crippen LogP contribution in [0.2, 0.25) is 0 Å². The van der Waals surface area contributed by atoms with Crippen molar-refractivity contribution in [3.8, 4) is 11.1 Å². The number of hydrogen-bond donors (Lipinski definition) is 2. The third kappa shape index (κ3) is 4.54. The van der Waals surface area contributed by atoms with Crippen molar-refractivity contribution in [2.45, 2.75) is 6.42 Å². The number of anilines is 2. The van der Waals surface area contributed by atoms with Crippen LogP contribution in [0.25, 0.3) is 49.5 Å². The molecule has 0 spiro atoms. The average Bonchev–Trinajstić information content (AvgIpc) is 3.36. The third-order valence-electron chi connectivity index (χ3n) is 7.26. The number of nitrogens with zero attached hydrogens (tertiary/aromatic N) is 2. The predicted octanol–water partition coefficient (Wildman–Crippen LogP) is 8.56. The van der Waals surface area contributed by atoms with E-state index < -0.39 is 0 Å². The molecule has 5 aromatic carbocycles. The minimum Gasteiger partial charge on any atom is -0.456 e. The molecular formula is C34H29N3O2. The van der Waals surface area contributed by atoms with Gasteiger partial charge in [0, 0.05) is 24.9 Å². The molecule has 192 valence electrons. The standard InChI is InChI=1S/C34H29N3O2/c1-35-29(25-12-10-23(11-13-25)26-14-17-30(36-2)31(21-26)37(3)38)16-8-22-9-18-32-28(20-22)34-27-7-5-4-6-24(27)15-19-33(34)39-32/h4-7,9-21,36,38H,1,8H2,2-3H3/b29-16-. The maximum Gasteiger partial charge on any atom is 0.136 e. The lowest BCUT2D eigenvalue weighted by Crippen LogP contribution is -2.12. The number of fused-ring (bicyclic) bond motifs is 5. The highest BCUT2D eigenvalue weighted by Crippen LogP contribution is 2.35. The molecule has 0 amide bonds. The molecule has 5 nitrogen and oxygen atoms in total. The van der Waals surface area contributed by atoms with E-state index in [0.717, 1.165) is 61.5 Å². The first-order valence-electron chi connectivity index (χ1n) is 12.9. The molecule has 6 rings (SSSR count). The molecule has 2 N–H and O–H groups in total. The Morgan fingerprint density at radius 2 is 1.67 bits per heavy atom. The first-order valence-corrected chi connectivity index (χ1v) is 12.9. The normalized spacial score (nSPS) is 11.8. The maximum absolute atomic E-state index is 10.0. The SMILES string of the molecule is C=N/C(=C\Cc1ccc2oc3ccc4ccccc4c3c2c1)c1ccc(-c2ccc(NC)c(N(C)O)c2)cc1. The molecule has 0 aliphatic carbocycles. The summed E-state index contributed by atoms with van der Waals surface area (Å²) >= 11 is 0. The quantitative estimate of drug-likeness (QED) is 0.166. The average molecular weight is 512 g/mol. The summed E-state index contributed by atoms with van der Waals surface area (Å²) in [5.74, 6) is 0. The highest BCUT2D eigenvalue weighted by molar-refractivity contribution is 6.18. The van der Waals surface area contributed by atoms with E-state index in [9.17, 15) is 5.21 Å². The van der Waals surface area contributed by atoms with Gasteiger partial charge in [-0.15, -0.1) is 0 Å². The molecule has 1 aromatic heterocycles. The third-order valence-corrected chi connectivity index (χ3v) is 7.26. The van der Waals surface area contributed by atoms with Crippen LogP contribution in [0.5, 0.6) is 0 Å². The smallest absolute Gasteiger partial charge is 0.136 e. The van der Waals surface area contributed by atoms with Gasteiger partial charge in [0.05, 0.1) is 17.1 Å². The Labute approximate surface area is 227 Å². The van der Waals surface area contributed by atoms with Gasteiger partial charge >= 0.3 is 0 Å². The van der Waals surface area contributed by atoms with E-state index in [1.165, 1.54) is 16.3 Å². The molecule has 0 aliphatic rings. The summed E-state index contributed by atoms with van der Waals surface area (Å²) in [4.78, 5) is 4.32. The molecule has 0 saturated heterocycles. The van der Waals surface area contributed by atoms with E-state index in [1.54, 1.807) is 7.05 Å². The second kappa shape index (κ2) is 10.1. The summed E-state index contributed by atoms with van der Waals surface area (Å²) in [5, 5.41) is 18.9. The maximum atomic E-state index is 10.0. The zero-order valence-corrected chi connectivity index (χ0v) is 22.0. The zero-order valence-electron chi connectivity index (χ0n) is 22.0. The van der Waals surface area contributed by atoms with Crippen LogP contribution in [-0.2, 0) is 6.42 Å². The summed E-state index contributed by atoms with van der Waals surface area (Å²) in [7, 11) is 3.45. The van der Waals surface area contributed by atoms with E-state index in [-0.39, 0.29) is 0 Å². The summed E-state index contributed by atoms with van der Waals surface area (Å²) in [6.07, 6.45) is 2.84. The summed E-state index contributed by atoms with van der Waals surface area (Å²) in [5.41, 5.74) is 8.46. The van der Waals surface area contributed by atoms with E-state index in [4.69, 9.17) is 4.42 Å². The fourth-order valence-electron chi connectivity index (χ4n) is 5.23. The van der Waals surface area contributed by atoms with Crippen molar-refractivity contribution < 1.29 is 9.62 Å². The van der Waals surface area contributed by atoms with Gasteiger partial charge in [0.1, 0.15) is 11.2 Å². The van der Waals surface area contributed by atoms with Crippen LogP contribution in [0.4, 0.5) is 11.4 Å². The van der Waals surface area contributed by atoms with E-state index in [0.29, 0.717) is 5.69 Å². The molecule has 0 fully saturated rings. The summed E-state index contributed by atoms with van der Waals surface area (Å²) < 4.78 is 6.15. The second-order valence-electron chi connectivity index (χ2n) is 9.63. The molecule has 0 aliphatic heterocycles. The van der Waals surface area contributed by atoms with Crippen LogP contribution < -0.4 is 10.4 Å². The van der Waals surface area contributed by atoms with Gasteiger partial charge in [-0.25, -0.2) is 0 Å². The summed E-state index contributed by atoms with van der Waals surface area (Å²) in [6, 6.07) is 33.2. The lowest BCUT2D eigenvalue weighted by molar-refractivity contribution is 0.280. The monoisotopic (exact) mass is 511 g/mol. The van der Waals surface area contributed by atoms with Gasteiger partial charge in [0.25, 0.3) is 0 Å². The number of allylic oxidation sites excluding steroid dienone is 1. The number of hydrogen-bond acceptors (Lipinski definition) is 5. The van der Waals surface area contributed by atoms with Crippen LogP contribution in [-0.4, -0.2) is 26.0 Å². The van der Waals surface area contributed by atoms with Crippen LogP contribution in [0.1, 0.15) is 11.1 Å². The van der Waals surface area contributed by atoms with Gasteiger partial charge in [-0.1, -0.05) is 72.8 Å². The Kier molecular flexibility index (Phi) is 6.35. The molecule has 39 heavy (non-hydrogen) atoms.